The Hall–Kier alpha value is -2.03. The van der Waals surface area contributed by atoms with Gasteiger partial charge in [-0.15, -0.1) is 0 Å². The average Bonchev–Trinajstić information content (AvgIpc) is 3.17. The van der Waals surface area contributed by atoms with Crippen molar-refractivity contribution in [3.63, 3.8) is 0 Å². The Kier molecular flexibility index (Phi) is 32.8. The van der Waals surface area contributed by atoms with Crippen LogP contribution in [0.3, 0.4) is 0 Å². The van der Waals surface area contributed by atoms with Gasteiger partial charge < -0.3 is 72.2 Å². The molecule has 1 saturated heterocycles. The molecule has 0 radical (unpaired) electrons. The van der Waals surface area contributed by atoms with Gasteiger partial charge in [0.1, 0.15) is 12.4 Å². The zero-order valence-electron chi connectivity index (χ0n) is 31.9. The minimum atomic E-state index is -0.108. The van der Waals surface area contributed by atoms with Gasteiger partial charge in [0.25, 0.3) is 0 Å². The number of carbonyl (C=O) groups excluding carboxylic acids is 1. The summed E-state index contributed by atoms with van der Waals surface area (Å²) in [5, 5.41) is 6.04. The van der Waals surface area contributed by atoms with E-state index in [1.54, 1.807) is 24.3 Å². The summed E-state index contributed by atoms with van der Waals surface area (Å²) in [6.07, 6.45) is 2.52. The molecule has 0 atom stereocenters. The standard InChI is InChI=1S/C37H66N2O14/c1-34(40)39-35-2-4-36(5-3-35)52-32-30-50-28-26-48-24-22-46-20-18-44-16-14-42-12-10-41-11-13-43-15-17-45-19-21-47-23-25-49-27-29-51-31-33-53-37-6-8-38-9-7-37/h2-5,37-38H,6-33H2,1H3,(H,39,40). The number of carbonyl (C=O) groups is 1. The summed E-state index contributed by atoms with van der Waals surface area (Å²) >= 11 is 0. The van der Waals surface area contributed by atoms with Crippen molar-refractivity contribution in [2.75, 3.05) is 177 Å². The quantitative estimate of drug-likeness (QED) is 0.0937. The van der Waals surface area contributed by atoms with Crippen molar-refractivity contribution in [2.45, 2.75) is 25.9 Å². The van der Waals surface area contributed by atoms with Crippen LogP contribution in [0.25, 0.3) is 0 Å². The number of hydrogen-bond donors (Lipinski definition) is 2. The monoisotopic (exact) mass is 762 g/mol. The molecule has 0 saturated carbocycles. The Morgan fingerprint density at radius 3 is 1.11 bits per heavy atom. The van der Waals surface area contributed by atoms with E-state index in [1.807, 2.05) is 0 Å². The summed E-state index contributed by atoms with van der Waals surface area (Å²) in [5.41, 5.74) is 0.731. The first-order valence-corrected chi connectivity index (χ1v) is 18.9. The maximum Gasteiger partial charge on any atom is 0.221 e. The topological polar surface area (TPSA) is 161 Å². The Balaban J connectivity index is 1.14. The molecular weight excluding hydrogens is 696 g/mol. The van der Waals surface area contributed by atoms with Crippen molar-refractivity contribution in [3.05, 3.63) is 24.3 Å². The second-order valence-corrected chi connectivity index (χ2v) is 11.6. The summed E-state index contributed by atoms with van der Waals surface area (Å²) in [7, 11) is 0. The van der Waals surface area contributed by atoms with Gasteiger partial charge in [0, 0.05) is 12.6 Å². The van der Waals surface area contributed by atoms with E-state index in [9.17, 15) is 4.79 Å². The van der Waals surface area contributed by atoms with Crippen LogP contribution in [0, 0.1) is 0 Å². The predicted molar refractivity (Wildman–Crippen MR) is 197 cm³/mol. The SMILES string of the molecule is CC(=O)Nc1ccc(OCCOCCOCCOCCOCCOCCOCCOCCOCCOCCOCCOCCOC2CCNCC2)cc1. The van der Waals surface area contributed by atoms with Crippen molar-refractivity contribution in [3.8, 4) is 5.75 Å². The average molecular weight is 763 g/mol. The molecule has 2 N–H and O–H groups in total. The zero-order valence-corrected chi connectivity index (χ0v) is 31.9. The molecule has 308 valence electrons. The van der Waals surface area contributed by atoms with Crippen LogP contribution in [0.5, 0.6) is 5.75 Å². The second kappa shape index (κ2) is 36.9. The lowest BCUT2D eigenvalue weighted by atomic mass is 10.1. The van der Waals surface area contributed by atoms with Gasteiger partial charge in [0.15, 0.2) is 0 Å². The van der Waals surface area contributed by atoms with Crippen molar-refractivity contribution < 1.29 is 66.4 Å². The van der Waals surface area contributed by atoms with E-state index >= 15 is 0 Å². The first-order valence-electron chi connectivity index (χ1n) is 18.9. The van der Waals surface area contributed by atoms with E-state index in [0.717, 1.165) is 31.6 Å². The van der Waals surface area contributed by atoms with Gasteiger partial charge in [-0.2, -0.15) is 0 Å². The third-order valence-electron chi connectivity index (χ3n) is 7.26. The zero-order chi connectivity index (χ0) is 37.5. The number of piperidine rings is 1. The van der Waals surface area contributed by atoms with Crippen molar-refractivity contribution in [1.29, 1.82) is 0 Å². The van der Waals surface area contributed by atoms with Gasteiger partial charge in [-0.05, 0) is 50.2 Å². The molecular formula is C37H66N2O14. The number of amides is 1. The number of benzene rings is 1. The molecule has 0 spiro atoms. The van der Waals surface area contributed by atoms with Crippen LogP contribution in [0.1, 0.15) is 19.8 Å². The number of hydrogen-bond acceptors (Lipinski definition) is 15. The third-order valence-corrected chi connectivity index (χ3v) is 7.26. The van der Waals surface area contributed by atoms with Crippen molar-refractivity contribution >= 4 is 11.6 Å². The van der Waals surface area contributed by atoms with E-state index in [4.69, 9.17) is 61.6 Å². The number of nitrogens with one attached hydrogen (secondary N) is 2. The predicted octanol–water partition coefficient (Wildman–Crippen LogP) is 1.98. The normalized spacial score (nSPS) is 13.5. The highest BCUT2D eigenvalue weighted by atomic mass is 16.6. The molecule has 1 aliphatic rings. The van der Waals surface area contributed by atoms with Crippen LogP contribution in [0.4, 0.5) is 5.69 Å². The summed E-state index contributed by atoms with van der Waals surface area (Å²) in [4.78, 5) is 11.0. The summed E-state index contributed by atoms with van der Waals surface area (Å²) in [5.74, 6) is 0.608. The Morgan fingerprint density at radius 2 is 0.792 bits per heavy atom. The Labute approximate surface area is 315 Å². The molecule has 16 nitrogen and oxygen atoms in total. The summed E-state index contributed by atoms with van der Waals surface area (Å²) in [6, 6.07) is 7.18. The highest BCUT2D eigenvalue weighted by Gasteiger charge is 2.12. The summed E-state index contributed by atoms with van der Waals surface area (Å²) < 4.78 is 71.9. The molecule has 1 aliphatic heterocycles. The lowest BCUT2D eigenvalue weighted by molar-refractivity contribution is -0.114. The second-order valence-electron chi connectivity index (χ2n) is 11.6. The molecule has 0 aliphatic carbocycles. The smallest absolute Gasteiger partial charge is 0.221 e. The molecule has 1 amide bonds. The fourth-order valence-electron chi connectivity index (χ4n) is 4.59. The Morgan fingerprint density at radius 1 is 0.491 bits per heavy atom. The molecule has 0 aromatic heterocycles. The molecule has 53 heavy (non-hydrogen) atoms. The van der Waals surface area contributed by atoms with Gasteiger partial charge in [-0.3, -0.25) is 4.79 Å². The molecule has 1 fully saturated rings. The first-order chi connectivity index (χ1) is 26.2. The van der Waals surface area contributed by atoms with E-state index < -0.39 is 0 Å². The molecule has 1 aromatic carbocycles. The van der Waals surface area contributed by atoms with Crippen LogP contribution in [0.15, 0.2) is 24.3 Å². The Bertz CT molecular complexity index is 927. The maximum atomic E-state index is 11.0. The van der Waals surface area contributed by atoms with Crippen LogP contribution < -0.4 is 15.4 Å². The van der Waals surface area contributed by atoms with Crippen molar-refractivity contribution in [1.82, 2.24) is 5.32 Å². The first kappa shape index (κ1) is 47.1. The molecule has 2 rings (SSSR count). The fourth-order valence-corrected chi connectivity index (χ4v) is 4.59. The van der Waals surface area contributed by atoms with Gasteiger partial charge in [-0.25, -0.2) is 0 Å². The molecule has 0 unspecified atom stereocenters. The number of rotatable bonds is 39. The van der Waals surface area contributed by atoms with Crippen LogP contribution in [-0.4, -0.2) is 184 Å². The van der Waals surface area contributed by atoms with Crippen LogP contribution in [-0.2, 0) is 61.6 Å². The largest absolute Gasteiger partial charge is 0.491 e. The highest BCUT2D eigenvalue weighted by molar-refractivity contribution is 5.88. The van der Waals surface area contributed by atoms with Gasteiger partial charge >= 0.3 is 0 Å². The van der Waals surface area contributed by atoms with Crippen LogP contribution >= 0.6 is 0 Å². The third kappa shape index (κ3) is 32.0. The van der Waals surface area contributed by atoms with Gasteiger partial charge in [-0.1, -0.05) is 0 Å². The summed E-state index contributed by atoms with van der Waals surface area (Å²) in [6.45, 7) is 15.8. The fraction of sp³-hybridized carbons (Fsp3) is 0.811. The number of ether oxygens (including phenoxy) is 13. The van der Waals surface area contributed by atoms with E-state index in [0.29, 0.717) is 170 Å². The lowest BCUT2D eigenvalue weighted by Gasteiger charge is -2.22. The van der Waals surface area contributed by atoms with E-state index in [2.05, 4.69) is 10.6 Å². The van der Waals surface area contributed by atoms with Gasteiger partial charge in [0.05, 0.1) is 158 Å². The highest BCUT2D eigenvalue weighted by Crippen LogP contribution is 2.15. The maximum absolute atomic E-state index is 11.0. The van der Waals surface area contributed by atoms with Crippen LogP contribution in [0.2, 0.25) is 0 Å². The molecule has 1 heterocycles. The molecule has 0 bridgehead atoms. The van der Waals surface area contributed by atoms with Crippen molar-refractivity contribution in [2.24, 2.45) is 0 Å². The minimum absolute atomic E-state index is 0.108. The minimum Gasteiger partial charge on any atom is -0.491 e. The van der Waals surface area contributed by atoms with E-state index in [1.165, 1.54) is 6.92 Å². The molecule has 1 aromatic rings. The lowest BCUT2D eigenvalue weighted by Crippen LogP contribution is -2.33. The number of anilines is 1. The van der Waals surface area contributed by atoms with Gasteiger partial charge in [0.2, 0.25) is 5.91 Å². The van der Waals surface area contributed by atoms with E-state index in [-0.39, 0.29) is 5.91 Å². The molecule has 16 heteroatoms.